The molecule has 0 spiro atoms. The maximum Gasteiger partial charge on any atom is 0.224 e. The highest BCUT2D eigenvalue weighted by atomic mass is 32.1. The number of aromatic nitrogens is 1. The lowest BCUT2D eigenvalue weighted by molar-refractivity contribution is -0.122. The lowest BCUT2D eigenvalue weighted by Crippen LogP contribution is -2.52. The number of benzene rings is 1. The molecule has 0 bridgehead atoms. The van der Waals surface area contributed by atoms with Crippen LogP contribution in [0.4, 0.5) is 5.13 Å². The molecule has 0 aliphatic carbocycles. The number of carbonyl (C=O) groups is 1. The van der Waals surface area contributed by atoms with Gasteiger partial charge >= 0.3 is 0 Å². The zero-order valence-electron chi connectivity index (χ0n) is 9.92. The van der Waals surface area contributed by atoms with Crippen molar-refractivity contribution in [3.8, 4) is 5.75 Å². The molecule has 1 aromatic heterocycles. The third-order valence-electron chi connectivity index (χ3n) is 3.15. The van der Waals surface area contributed by atoms with Crippen molar-refractivity contribution in [1.82, 2.24) is 4.98 Å². The minimum Gasteiger partial charge on any atom is -0.494 e. The number of hydrogen-bond acceptors (Lipinski definition) is 5. The zero-order chi connectivity index (χ0) is 12.7. The van der Waals surface area contributed by atoms with Crippen LogP contribution in [0.5, 0.6) is 5.75 Å². The van der Waals surface area contributed by atoms with E-state index in [-0.39, 0.29) is 11.8 Å². The Bertz CT molecular complexity index is 604. The fourth-order valence-electron chi connectivity index (χ4n) is 2.03. The molecule has 3 rings (SSSR count). The van der Waals surface area contributed by atoms with E-state index in [1.54, 1.807) is 18.4 Å². The first kappa shape index (κ1) is 11.3. The predicted molar refractivity (Wildman–Crippen MR) is 71.1 cm³/mol. The van der Waals surface area contributed by atoms with Crippen molar-refractivity contribution < 1.29 is 9.53 Å². The van der Waals surface area contributed by atoms with E-state index in [1.165, 1.54) is 0 Å². The van der Waals surface area contributed by atoms with Gasteiger partial charge in [0.25, 0.3) is 0 Å². The van der Waals surface area contributed by atoms with Gasteiger partial charge in [-0.25, -0.2) is 4.98 Å². The van der Waals surface area contributed by atoms with Crippen molar-refractivity contribution in [3.05, 3.63) is 18.2 Å². The molecular formula is C12H13N3O2S. The number of para-hydroxylation sites is 1. The third-order valence-corrected chi connectivity index (χ3v) is 4.23. The van der Waals surface area contributed by atoms with Gasteiger partial charge in [0.1, 0.15) is 11.3 Å². The summed E-state index contributed by atoms with van der Waals surface area (Å²) in [7, 11) is 1.64. The Balaban J connectivity index is 1.89. The Labute approximate surface area is 108 Å². The number of rotatable bonds is 3. The van der Waals surface area contributed by atoms with E-state index in [0.717, 1.165) is 21.1 Å². The van der Waals surface area contributed by atoms with Crippen LogP contribution in [0.15, 0.2) is 18.2 Å². The van der Waals surface area contributed by atoms with Gasteiger partial charge in [0, 0.05) is 13.1 Å². The summed E-state index contributed by atoms with van der Waals surface area (Å²) in [6.07, 6.45) is 0. The Morgan fingerprint density at radius 1 is 1.56 bits per heavy atom. The highest BCUT2D eigenvalue weighted by Crippen LogP contribution is 2.36. The lowest BCUT2D eigenvalue weighted by Gasteiger charge is -2.36. The Morgan fingerprint density at radius 2 is 2.33 bits per heavy atom. The first-order chi connectivity index (χ1) is 8.69. The van der Waals surface area contributed by atoms with Crippen molar-refractivity contribution in [2.24, 2.45) is 11.7 Å². The van der Waals surface area contributed by atoms with E-state index < -0.39 is 0 Å². The summed E-state index contributed by atoms with van der Waals surface area (Å²) in [4.78, 5) is 17.6. The van der Waals surface area contributed by atoms with Gasteiger partial charge in [-0.2, -0.15) is 0 Å². The molecule has 1 aliphatic heterocycles. The number of thiazole rings is 1. The topological polar surface area (TPSA) is 68.5 Å². The molecule has 1 aliphatic rings. The molecule has 1 fully saturated rings. The van der Waals surface area contributed by atoms with Crippen LogP contribution < -0.4 is 15.4 Å². The van der Waals surface area contributed by atoms with Gasteiger partial charge in [0.15, 0.2) is 5.13 Å². The number of hydrogen-bond donors (Lipinski definition) is 1. The first-order valence-electron chi connectivity index (χ1n) is 5.67. The molecule has 6 heteroatoms. The van der Waals surface area contributed by atoms with Crippen LogP contribution in [-0.2, 0) is 4.79 Å². The van der Waals surface area contributed by atoms with Gasteiger partial charge in [0.2, 0.25) is 5.91 Å². The second kappa shape index (κ2) is 4.13. The number of anilines is 1. The van der Waals surface area contributed by atoms with Gasteiger partial charge in [-0.1, -0.05) is 17.4 Å². The van der Waals surface area contributed by atoms with Crippen molar-refractivity contribution in [2.75, 3.05) is 25.1 Å². The second-order valence-electron chi connectivity index (χ2n) is 4.31. The summed E-state index contributed by atoms with van der Waals surface area (Å²) >= 11 is 1.61. The number of fused-ring (bicyclic) bond motifs is 1. The quantitative estimate of drug-likeness (QED) is 0.904. The molecule has 2 aromatic rings. The standard InChI is InChI=1S/C12H13N3O2S/c1-17-8-3-2-4-9-10(8)14-12(18-9)15-5-7(6-15)11(13)16/h2-4,7H,5-6H2,1H3,(H2,13,16). The van der Waals surface area contributed by atoms with Crippen molar-refractivity contribution in [2.45, 2.75) is 0 Å². The zero-order valence-corrected chi connectivity index (χ0v) is 10.7. The molecule has 0 saturated carbocycles. The Hall–Kier alpha value is -1.82. The Kier molecular flexibility index (Phi) is 2.59. The molecule has 5 nitrogen and oxygen atoms in total. The van der Waals surface area contributed by atoms with Gasteiger partial charge < -0.3 is 15.4 Å². The normalized spacial score (nSPS) is 15.7. The first-order valence-corrected chi connectivity index (χ1v) is 6.48. The molecule has 2 heterocycles. The lowest BCUT2D eigenvalue weighted by atomic mass is 10.0. The SMILES string of the molecule is COc1cccc2sc(N3CC(C(N)=O)C3)nc12. The van der Waals surface area contributed by atoms with Crippen LogP contribution in [0.3, 0.4) is 0 Å². The Morgan fingerprint density at radius 3 is 3.00 bits per heavy atom. The number of nitrogens with two attached hydrogens (primary N) is 1. The highest BCUT2D eigenvalue weighted by molar-refractivity contribution is 7.22. The summed E-state index contributed by atoms with van der Waals surface area (Å²) in [5, 5.41) is 0.923. The number of methoxy groups -OCH3 is 1. The number of amides is 1. The smallest absolute Gasteiger partial charge is 0.224 e. The van der Waals surface area contributed by atoms with Crippen LogP contribution in [0.25, 0.3) is 10.2 Å². The monoisotopic (exact) mass is 263 g/mol. The fraction of sp³-hybridized carbons (Fsp3) is 0.333. The van der Waals surface area contributed by atoms with Crippen LogP contribution >= 0.6 is 11.3 Å². The van der Waals surface area contributed by atoms with E-state index in [2.05, 4.69) is 9.88 Å². The number of primary amides is 1. The molecule has 0 atom stereocenters. The molecule has 18 heavy (non-hydrogen) atoms. The van der Waals surface area contributed by atoms with Gasteiger partial charge in [-0.15, -0.1) is 0 Å². The van der Waals surface area contributed by atoms with Crippen molar-refractivity contribution in [1.29, 1.82) is 0 Å². The maximum absolute atomic E-state index is 11.0. The molecule has 94 valence electrons. The fourth-order valence-corrected chi connectivity index (χ4v) is 3.03. The average molecular weight is 263 g/mol. The molecule has 0 radical (unpaired) electrons. The molecule has 1 saturated heterocycles. The van der Waals surface area contributed by atoms with Crippen LogP contribution in [0, 0.1) is 5.92 Å². The van der Waals surface area contributed by atoms with Crippen molar-refractivity contribution in [3.63, 3.8) is 0 Å². The van der Waals surface area contributed by atoms with Gasteiger partial charge in [0.05, 0.1) is 17.7 Å². The van der Waals surface area contributed by atoms with Gasteiger partial charge in [-0.3, -0.25) is 4.79 Å². The van der Waals surface area contributed by atoms with Crippen LogP contribution in [0.2, 0.25) is 0 Å². The summed E-state index contributed by atoms with van der Waals surface area (Å²) < 4.78 is 6.37. The molecular weight excluding hydrogens is 250 g/mol. The molecule has 1 aromatic carbocycles. The minimum atomic E-state index is -0.232. The maximum atomic E-state index is 11.0. The summed E-state index contributed by atoms with van der Waals surface area (Å²) in [6, 6.07) is 5.87. The van der Waals surface area contributed by atoms with Gasteiger partial charge in [-0.05, 0) is 12.1 Å². The van der Waals surface area contributed by atoms with E-state index in [1.807, 2.05) is 18.2 Å². The summed E-state index contributed by atoms with van der Waals surface area (Å²) in [5.74, 6) is 0.505. The van der Waals surface area contributed by atoms with Crippen LogP contribution in [-0.4, -0.2) is 31.1 Å². The minimum absolute atomic E-state index is 0.0427. The van der Waals surface area contributed by atoms with E-state index in [4.69, 9.17) is 10.5 Å². The molecule has 0 unspecified atom stereocenters. The second-order valence-corrected chi connectivity index (χ2v) is 5.32. The number of nitrogens with zero attached hydrogens (tertiary/aromatic N) is 2. The number of ether oxygens (including phenoxy) is 1. The van der Waals surface area contributed by atoms with E-state index in [0.29, 0.717) is 13.1 Å². The van der Waals surface area contributed by atoms with E-state index >= 15 is 0 Å². The third kappa shape index (κ3) is 1.69. The summed E-state index contributed by atoms with van der Waals surface area (Å²) in [5.41, 5.74) is 6.13. The largest absolute Gasteiger partial charge is 0.494 e. The molecule has 2 N–H and O–H groups in total. The molecule has 1 amide bonds. The summed E-state index contributed by atoms with van der Waals surface area (Å²) in [6.45, 7) is 1.33. The number of carbonyl (C=O) groups excluding carboxylic acids is 1. The van der Waals surface area contributed by atoms with Crippen LogP contribution in [0.1, 0.15) is 0 Å². The van der Waals surface area contributed by atoms with E-state index in [9.17, 15) is 4.79 Å². The predicted octanol–water partition coefficient (Wildman–Crippen LogP) is 1.23. The van der Waals surface area contributed by atoms with Crippen molar-refractivity contribution >= 4 is 32.6 Å². The average Bonchev–Trinajstić information content (AvgIpc) is 2.69. The highest BCUT2D eigenvalue weighted by Gasteiger charge is 2.33.